The molecule has 1 aromatic rings. The number of halogens is 1. The minimum absolute atomic E-state index is 0.0309. The molecular formula is C13H11BrN4O7S. The molecule has 1 amide bonds. The van der Waals surface area contributed by atoms with E-state index in [4.69, 9.17) is 9.84 Å². The summed E-state index contributed by atoms with van der Waals surface area (Å²) in [5.41, 5.74) is -0.393. The summed E-state index contributed by atoms with van der Waals surface area (Å²) in [5, 5.41) is 38.9. The topological polar surface area (TPSA) is 164 Å². The molecule has 1 aliphatic heterocycles. The maximum Gasteiger partial charge on any atom is 0.305 e. The van der Waals surface area contributed by atoms with Gasteiger partial charge in [-0.3, -0.25) is 19.7 Å². The minimum Gasteiger partial charge on any atom is -0.504 e. The number of thioether (sulfide) groups is 1. The Hall–Kier alpha value is -2.67. The van der Waals surface area contributed by atoms with Crippen molar-refractivity contribution in [2.45, 2.75) is 11.7 Å². The number of phenols is 1. The van der Waals surface area contributed by atoms with Crippen LogP contribution in [0.3, 0.4) is 0 Å². The van der Waals surface area contributed by atoms with Crippen molar-refractivity contribution in [2.75, 3.05) is 7.11 Å². The molecule has 0 spiro atoms. The summed E-state index contributed by atoms with van der Waals surface area (Å²) >= 11 is 3.91. The molecule has 0 bridgehead atoms. The zero-order valence-corrected chi connectivity index (χ0v) is 15.4. The third kappa shape index (κ3) is 4.29. The third-order valence-electron chi connectivity index (χ3n) is 3.11. The number of nitro benzene ring substituents is 1. The number of carboxylic acids is 1. The van der Waals surface area contributed by atoms with Gasteiger partial charge in [0.05, 0.1) is 36.3 Å². The Morgan fingerprint density at radius 2 is 2.31 bits per heavy atom. The molecule has 26 heavy (non-hydrogen) atoms. The molecule has 1 atom stereocenters. The zero-order chi connectivity index (χ0) is 19.4. The van der Waals surface area contributed by atoms with E-state index in [9.17, 15) is 24.8 Å². The van der Waals surface area contributed by atoms with Crippen LogP contribution < -0.4 is 10.1 Å². The second kappa shape index (κ2) is 8.14. The number of benzene rings is 1. The monoisotopic (exact) mass is 446 g/mol. The normalized spacial score (nSPS) is 18.3. The second-order valence-electron chi connectivity index (χ2n) is 4.77. The highest BCUT2D eigenvalue weighted by Crippen LogP contribution is 2.40. The van der Waals surface area contributed by atoms with E-state index in [1.165, 1.54) is 7.11 Å². The van der Waals surface area contributed by atoms with Crippen LogP contribution in [0.4, 0.5) is 5.69 Å². The van der Waals surface area contributed by atoms with Crippen molar-refractivity contribution in [3.05, 3.63) is 26.2 Å². The van der Waals surface area contributed by atoms with Gasteiger partial charge in [0.25, 0.3) is 5.69 Å². The minimum atomic E-state index is -1.13. The summed E-state index contributed by atoms with van der Waals surface area (Å²) in [6.45, 7) is 0. The van der Waals surface area contributed by atoms with E-state index < -0.39 is 22.0 Å². The lowest BCUT2D eigenvalue weighted by atomic mass is 10.1. The smallest absolute Gasteiger partial charge is 0.305 e. The number of nitro groups is 1. The molecule has 0 aliphatic carbocycles. The molecular weight excluding hydrogens is 436 g/mol. The van der Waals surface area contributed by atoms with Crippen LogP contribution in [0.2, 0.25) is 0 Å². The van der Waals surface area contributed by atoms with Gasteiger partial charge < -0.3 is 20.3 Å². The highest BCUT2D eigenvalue weighted by Gasteiger charge is 2.32. The fourth-order valence-electron chi connectivity index (χ4n) is 1.92. The predicted octanol–water partition coefficient (Wildman–Crippen LogP) is 1.47. The number of methoxy groups -OCH3 is 1. The Kier molecular flexibility index (Phi) is 6.15. The van der Waals surface area contributed by atoms with Crippen LogP contribution >= 0.6 is 27.7 Å². The summed E-state index contributed by atoms with van der Waals surface area (Å²) in [7, 11) is 1.24. The lowest BCUT2D eigenvalue weighted by molar-refractivity contribution is -0.385. The first kappa shape index (κ1) is 19.7. The predicted molar refractivity (Wildman–Crippen MR) is 95.8 cm³/mol. The maximum absolute atomic E-state index is 11.6. The molecule has 1 unspecified atom stereocenters. The number of carbonyl (C=O) groups is 2. The molecule has 1 heterocycles. The van der Waals surface area contributed by atoms with Crippen molar-refractivity contribution in [2.24, 2.45) is 10.2 Å². The lowest BCUT2D eigenvalue weighted by Gasteiger charge is -2.08. The van der Waals surface area contributed by atoms with E-state index in [1.54, 1.807) is 0 Å². The summed E-state index contributed by atoms with van der Waals surface area (Å²) in [6.07, 6.45) is 0.673. The molecule has 0 aromatic heterocycles. The van der Waals surface area contributed by atoms with Gasteiger partial charge in [0.2, 0.25) is 5.91 Å². The summed E-state index contributed by atoms with van der Waals surface area (Å²) < 4.78 is 4.86. The SMILES string of the molecule is COc1cc([N+](=O)[O-])c(Br)c(C=NN=C2NC(=O)C(CC(=O)O)S2)c1O. The largest absolute Gasteiger partial charge is 0.504 e. The van der Waals surface area contributed by atoms with E-state index in [0.717, 1.165) is 24.0 Å². The molecule has 3 N–H and O–H groups in total. The number of nitrogens with one attached hydrogen (secondary N) is 1. The number of amides is 1. The zero-order valence-electron chi connectivity index (χ0n) is 13.0. The van der Waals surface area contributed by atoms with Gasteiger partial charge in [-0.25, -0.2) is 0 Å². The van der Waals surface area contributed by atoms with Gasteiger partial charge in [0.1, 0.15) is 9.72 Å². The van der Waals surface area contributed by atoms with Crippen LogP contribution in [0.15, 0.2) is 20.7 Å². The van der Waals surface area contributed by atoms with Crippen molar-refractivity contribution in [3.63, 3.8) is 0 Å². The summed E-state index contributed by atoms with van der Waals surface area (Å²) in [5.74, 6) is -2.15. The van der Waals surface area contributed by atoms with Crippen LogP contribution in [0.5, 0.6) is 11.5 Å². The van der Waals surface area contributed by atoms with Crippen LogP contribution in [0, 0.1) is 10.1 Å². The maximum atomic E-state index is 11.6. The number of amidine groups is 1. The van der Waals surface area contributed by atoms with Gasteiger partial charge in [0.15, 0.2) is 16.7 Å². The molecule has 13 heteroatoms. The number of nitrogens with zero attached hydrogens (tertiary/aromatic N) is 3. The summed E-state index contributed by atoms with van der Waals surface area (Å²) in [6, 6.07) is 1.05. The van der Waals surface area contributed by atoms with E-state index >= 15 is 0 Å². The number of carboxylic acid groups (broad SMARTS) is 1. The van der Waals surface area contributed by atoms with Crippen LogP contribution in [0.25, 0.3) is 0 Å². The molecule has 1 aromatic carbocycles. The number of ether oxygens (including phenoxy) is 1. The number of hydrogen-bond acceptors (Lipinski definition) is 9. The standard InChI is InChI=1S/C13H11BrN4O7S/c1-25-7-2-6(18(23)24)10(14)5(11(7)21)4-15-17-13-16-12(22)8(26-13)3-9(19)20/h2,4,8,21H,3H2,1H3,(H,19,20)(H,16,17,22). The Morgan fingerprint density at radius 3 is 2.88 bits per heavy atom. The lowest BCUT2D eigenvalue weighted by Crippen LogP contribution is -2.26. The highest BCUT2D eigenvalue weighted by atomic mass is 79.9. The number of aromatic hydroxyl groups is 1. The van der Waals surface area contributed by atoms with Gasteiger partial charge in [-0.05, 0) is 15.9 Å². The van der Waals surface area contributed by atoms with Crippen LogP contribution in [0.1, 0.15) is 12.0 Å². The number of carbonyl (C=O) groups excluding carboxylic acids is 1. The first-order valence-corrected chi connectivity index (χ1v) is 8.46. The quantitative estimate of drug-likeness (QED) is 0.335. The van der Waals surface area contributed by atoms with E-state index in [2.05, 4.69) is 31.4 Å². The molecule has 2 rings (SSSR count). The fraction of sp³-hybridized carbons (Fsp3) is 0.231. The van der Waals surface area contributed by atoms with Crippen molar-refractivity contribution in [3.8, 4) is 11.5 Å². The number of rotatable bonds is 6. The Bertz CT molecular complexity index is 842. The molecule has 1 aliphatic rings. The molecule has 0 radical (unpaired) electrons. The first-order valence-electron chi connectivity index (χ1n) is 6.78. The van der Waals surface area contributed by atoms with Crippen LogP contribution in [-0.2, 0) is 9.59 Å². The van der Waals surface area contributed by atoms with E-state index in [-0.39, 0.29) is 38.8 Å². The Balaban J connectivity index is 2.28. The van der Waals surface area contributed by atoms with Gasteiger partial charge >= 0.3 is 5.97 Å². The van der Waals surface area contributed by atoms with Gasteiger partial charge in [0, 0.05) is 0 Å². The first-order chi connectivity index (χ1) is 12.2. The average molecular weight is 447 g/mol. The number of phenolic OH excluding ortho intramolecular Hbond substituents is 1. The Morgan fingerprint density at radius 1 is 1.62 bits per heavy atom. The van der Waals surface area contributed by atoms with Crippen molar-refractivity contribution >= 4 is 56.6 Å². The van der Waals surface area contributed by atoms with Crippen molar-refractivity contribution in [1.82, 2.24) is 5.32 Å². The van der Waals surface area contributed by atoms with E-state index in [1.807, 2.05) is 0 Å². The molecule has 11 nitrogen and oxygen atoms in total. The highest BCUT2D eigenvalue weighted by molar-refractivity contribution is 9.10. The van der Waals surface area contributed by atoms with Crippen LogP contribution in [-0.4, -0.2) is 50.8 Å². The fourth-order valence-corrected chi connectivity index (χ4v) is 3.39. The van der Waals surface area contributed by atoms with Gasteiger partial charge in [-0.1, -0.05) is 11.8 Å². The summed E-state index contributed by atoms with van der Waals surface area (Å²) in [4.78, 5) is 32.7. The molecule has 1 fully saturated rings. The molecule has 0 saturated carbocycles. The molecule has 138 valence electrons. The average Bonchev–Trinajstić information content (AvgIpc) is 2.89. The molecule has 1 saturated heterocycles. The number of aliphatic carboxylic acids is 1. The van der Waals surface area contributed by atoms with Gasteiger partial charge in [-0.2, -0.15) is 5.10 Å². The van der Waals surface area contributed by atoms with E-state index in [0.29, 0.717) is 0 Å². The van der Waals surface area contributed by atoms with Gasteiger partial charge in [-0.15, -0.1) is 5.10 Å². The second-order valence-corrected chi connectivity index (χ2v) is 6.76. The van der Waals surface area contributed by atoms with Crippen molar-refractivity contribution < 1.29 is 29.5 Å². The third-order valence-corrected chi connectivity index (χ3v) is 5.01. The number of hydrogen-bond donors (Lipinski definition) is 3. The van der Waals surface area contributed by atoms with Crippen molar-refractivity contribution in [1.29, 1.82) is 0 Å². The Labute approximate surface area is 158 Å².